The molecule has 0 aromatic carbocycles. The maximum absolute atomic E-state index is 12.9. The van der Waals surface area contributed by atoms with Gasteiger partial charge in [0.1, 0.15) is 13.2 Å². The normalized spacial score (nSPS) is 12.5. The lowest BCUT2D eigenvalue weighted by atomic mass is 10.0. The van der Waals surface area contributed by atoms with E-state index in [9.17, 15) is 14.4 Å². The molecule has 0 saturated carbocycles. The molecule has 482 valence electrons. The van der Waals surface area contributed by atoms with Crippen molar-refractivity contribution in [2.75, 3.05) is 13.2 Å². The first-order valence-corrected chi connectivity index (χ1v) is 36.4. The molecule has 0 spiro atoms. The van der Waals surface area contributed by atoms with Crippen molar-refractivity contribution < 1.29 is 28.6 Å². The van der Waals surface area contributed by atoms with Crippen molar-refractivity contribution in [2.45, 2.75) is 386 Å². The monoisotopic (exact) mass is 1160 g/mol. The van der Waals surface area contributed by atoms with E-state index in [0.717, 1.165) is 122 Å². The van der Waals surface area contributed by atoms with Gasteiger partial charge in [-0.1, -0.05) is 351 Å². The van der Waals surface area contributed by atoms with Crippen LogP contribution in [0, 0.1) is 0 Å². The van der Waals surface area contributed by atoms with Gasteiger partial charge in [-0.25, -0.2) is 0 Å². The zero-order chi connectivity index (χ0) is 59.9. The topological polar surface area (TPSA) is 78.9 Å². The Morgan fingerprint density at radius 1 is 0.253 bits per heavy atom. The van der Waals surface area contributed by atoms with Gasteiger partial charge in [-0.2, -0.15) is 0 Å². The molecule has 0 saturated heterocycles. The Balaban J connectivity index is 4.15. The van der Waals surface area contributed by atoms with E-state index in [4.69, 9.17) is 14.2 Å². The third-order valence-corrected chi connectivity index (χ3v) is 16.2. The van der Waals surface area contributed by atoms with Crippen LogP contribution in [0.3, 0.4) is 0 Å². The van der Waals surface area contributed by atoms with E-state index in [1.165, 1.54) is 218 Å². The van der Waals surface area contributed by atoms with Crippen LogP contribution in [0.4, 0.5) is 0 Å². The van der Waals surface area contributed by atoms with Gasteiger partial charge >= 0.3 is 17.9 Å². The van der Waals surface area contributed by atoms with Gasteiger partial charge in [-0.3, -0.25) is 14.4 Å². The minimum Gasteiger partial charge on any atom is -0.462 e. The third-order valence-electron chi connectivity index (χ3n) is 16.2. The summed E-state index contributed by atoms with van der Waals surface area (Å²) in [5, 5.41) is 0. The van der Waals surface area contributed by atoms with Crippen molar-refractivity contribution in [1.29, 1.82) is 0 Å². The fourth-order valence-corrected chi connectivity index (χ4v) is 10.8. The van der Waals surface area contributed by atoms with Crippen molar-refractivity contribution in [3.8, 4) is 0 Å². The number of allylic oxidation sites excluding steroid dienone is 12. The molecule has 1 unspecified atom stereocenters. The molecule has 0 aromatic heterocycles. The first-order valence-electron chi connectivity index (χ1n) is 36.4. The second-order valence-corrected chi connectivity index (χ2v) is 24.4. The minimum absolute atomic E-state index is 0.0823. The molecule has 0 aliphatic carbocycles. The molecule has 0 N–H and O–H groups in total. The highest BCUT2D eigenvalue weighted by molar-refractivity contribution is 5.71. The number of hydrogen-bond donors (Lipinski definition) is 0. The summed E-state index contributed by atoms with van der Waals surface area (Å²) in [5.41, 5.74) is 0. The highest BCUT2D eigenvalue weighted by Crippen LogP contribution is 2.19. The van der Waals surface area contributed by atoms with Crippen molar-refractivity contribution in [1.82, 2.24) is 0 Å². The number of carbonyl (C=O) groups is 3. The third kappa shape index (κ3) is 69.5. The van der Waals surface area contributed by atoms with Crippen molar-refractivity contribution in [3.05, 3.63) is 72.9 Å². The fraction of sp³-hybridized carbons (Fsp3) is 0.805. The van der Waals surface area contributed by atoms with Crippen LogP contribution in [0.1, 0.15) is 380 Å². The summed E-state index contributed by atoms with van der Waals surface area (Å²) in [4.78, 5) is 38.4. The van der Waals surface area contributed by atoms with Gasteiger partial charge in [0.05, 0.1) is 0 Å². The lowest BCUT2D eigenvalue weighted by molar-refractivity contribution is -0.167. The van der Waals surface area contributed by atoms with Crippen LogP contribution in [-0.4, -0.2) is 37.2 Å². The first-order chi connectivity index (χ1) is 41.0. The molecule has 0 aliphatic heterocycles. The molecule has 83 heavy (non-hydrogen) atoms. The Bertz CT molecular complexity index is 1520. The van der Waals surface area contributed by atoms with Crippen LogP contribution < -0.4 is 0 Å². The predicted octanol–water partition coefficient (Wildman–Crippen LogP) is 25.2. The van der Waals surface area contributed by atoms with Crippen LogP contribution in [0.2, 0.25) is 0 Å². The zero-order valence-corrected chi connectivity index (χ0v) is 55.5. The molecule has 0 heterocycles. The fourth-order valence-electron chi connectivity index (χ4n) is 10.8. The maximum atomic E-state index is 12.9. The lowest BCUT2D eigenvalue weighted by Crippen LogP contribution is -2.30. The van der Waals surface area contributed by atoms with Gasteiger partial charge < -0.3 is 14.2 Å². The van der Waals surface area contributed by atoms with Gasteiger partial charge in [0.2, 0.25) is 0 Å². The Morgan fingerprint density at radius 2 is 0.470 bits per heavy atom. The number of ether oxygens (including phenoxy) is 3. The van der Waals surface area contributed by atoms with Crippen molar-refractivity contribution >= 4 is 17.9 Å². The standard InChI is InChI=1S/C77H138O6/c1-4-7-10-13-16-19-22-25-28-30-31-32-33-34-35-36-37-38-39-40-41-42-43-44-45-47-49-52-55-58-61-64-67-70-76(79)82-73-74(72-81-75(78)69-66-63-60-57-54-51-48-27-24-21-18-15-12-9-6-3)83-77(80)71-68-65-62-59-56-53-50-46-29-26-23-20-17-14-11-8-5-2/h8-9,11-12,17-18,20-21,26-27,29,48,74H,4-7,10,13-16,19,22-25,28,30-47,49-73H2,1-3H3/b11-8-,12-9-,20-17-,21-18-,29-26-,48-27-. The van der Waals surface area contributed by atoms with E-state index >= 15 is 0 Å². The average Bonchev–Trinajstić information content (AvgIpc) is 3.49. The van der Waals surface area contributed by atoms with Gasteiger partial charge in [0, 0.05) is 19.3 Å². The molecule has 0 aliphatic rings. The Hall–Kier alpha value is -3.15. The second-order valence-electron chi connectivity index (χ2n) is 24.4. The van der Waals surface area contributed by atoms with Crippen LogP contribution in [0.15, 0.2) is 72.9 Å². The van der Waals surface area contributed by atoms with Crippen molar-refractivity contribution in [3.63, 3.8) is 0 Å². The SMILES string of the molecule is CC/C=C\C/C=C\C/C=C\CCCCCCCCCC(=O)OC(COC(=O)CCCCCCC/C=C\C/C=C\C/C=C\CC)COC(=O)CCCCCCCCCCCCCCCCCCCCCCCCCCCCCCCCCCC. The van der Waals surface area contributed by atoms with Crippen LogP contribution in [0.25, 0.3) is 0 Å². The number of unbranched alkanes of at least 4 members (excludes halogenated alkanes) is 44. The lowest BCUT2D eigenvalue weighted by Gasteiger charge is -2.18. The molecule has 6 heteroatoms. The second kappa shape index (κ2) is 71.3. The molecular weight excluding hydrogens is 1020 g/mol. The highest BCUT2D eigenvalue weighted by Gasteiger charge is 2.19. The zero-order valence-electron chi connectivity index (χ0n) is 55.5. The molecule has 0 amide bonds. The van der Waals surface area contributed by atoms with Gasteiger partial charge in [-0.05, 0) is 83.5 Å². The Morgan fingerprint density at radius 3 is 0.735 bits per heavy atom. The molecule has 0 radical (unpaired) electrons. The summed E-state index contributed by atoms with van der Waals surface area (Å²) in [7, 11) is 0. The number of esters is 3. The smallest absolute Gasteiger partial charge is 0.306 e. The Kier molecular flexibility index (Phi) is 68.6. The summed E-state index contributed by atoms with van der Waals surface area (Å²) in [5.74, 6) is -0.891. The van der Waals surface area contributed by atoms with Gasteiger partial charge in [-0.15, -0.1) is 0 Å². The number of hydrogen-bond acceptors (Lipinski definition) is 6. The molecule has 0 rings (SSSR count). The largest absolute Gasteiger partial charge is 0.462 e. The average molecular weight is 1160 g/mol. The summed E-state index contributed by atoms with van der Waals surface area (Å²) in [6.45, 7) is 6.45. The van der Waals surface area contributed by atoms with Crippen LogP contribution in [-0.2, 0) is 28.6 Å². The molecular formula is C77H138O6. The molecule has 0 fully saturated rings. The van der Waals surface area contributed by atoms with E-state index in [2.05, 4.69) is 93.7 Å². The Labute approximate surface area is 516 Å². The molecule has 1 atom stereocenters. The van der Waals surface area contributed by atoms with E-state index in [1.54, 1.807) is 0 Å². The van der Waals surface area contributed by atoms with Gasteiger partial charge in [0.15, 0.2) is 6.10 Å². The molecule has 6 nitrogen and oxygen atoms in total. The summed E-state index contributed by atoms with van der Waals surface area (Å²) in [6, 6.07) is 0. The van der Waals surface area contributed by atoms with E-state index < -0.39 is 6.10 Å². The van der Waals surface area contributed by atoms with E-state index in [1.807, 2.05) is 0 Å². The first kappa shape index (κ1) is 79.8. The van der Waals surface area contributed by atoms with E-state index in [0.29, 0.717) is 19.3 Å². The number of carbonyl (C=O) groups excluding carboxylic acids is 3. The molecule has 0 aromatic rings. The minimum atomic E-state index is -0.789. The van der Waals surface area contributed by atoms with Crippen LogP contribution >= 0.6 is 0 Å². The summed E-state index contributed by atoms with van der Waals surface area (Å²) < 4.78 is 17.0. The number of rotatable bonds is 67. The van der Waals surface area contributed by atoms with E-state index in [-0.39, 0.29) is 31.1 Å². The highest BCUT2D eigenvalue weighted by atomic mass is 16.6. The van der Waals surface area contributed by atoms with Gasteiger partial charge in [0.25, 0.3) is 0 Å². The summed E-state index contributed by atoms with van der Waals surface area (Å²) in [6.07, 6.45) is 93.9. The molecule has 0 bridgehead atoms. The quantitative estimate of drug-likeness (QED) is 0.0261. The maximum Gasteiger partial charge on any atom is 0.306 e. The predicted molar refractivity (Wildman–Crippen MR) is 362 cm³/mol. The summed E-state index contributed by atoms with van der Waals surface area (Å²) >= 11 is 0. The van der Waals surface area contributed by atoms with Crippen LogP contribution in [0.5, 0.6) is 0 Å². The van der Waals surface area contributed by atoms with Crippen molar-refractivity contribution in [2.24, 2.45) is 0 Å².